The lowest BCUT2D eigenvalue weighted by molar-refractivity contribution is -0.216. The van der Waals surface area contributed by atoms with E-state index in [0.29, 0.717) is 5.56 Å². The van der Waals surface area contributed by atoms with Gasteiger partial charge in [0.05, 0.1) is 6.17 Å². The molecule has 0 radical (unpaired) electrons. The third kappa shape index (κ3) is 4.19. The summed E-state index contributed by atoms with van der Waals surface area (Å²) < 4.78 is 36.7. The Morgan fingerprint density at radius 3 is 2.21 bits per heavy atom. The second-order valence-corrected chi connectivity index (χ2v) is 3.82. The fraction of sp³-hybridized carbons (Fsp3) is 0.364. The quantitative estimate of drug-likeness (QED) is 0.589. The molecule has 1 aromatic carbocycles. The summed E-state index contributed by atoms with van der Waals surface area (Å²) in [7, 11) is 1.43. The minimum absolute atomic E-state index is 0.245. The number of carbonyl (C=O) groups excluding carboxylic acids is 1. The van der Waals surface area contributed by atoms with E-state index in [1.807, 2.05) is 5.32 Å². The zero-order chi connectivity index (χ0) is 14.6. The number of hydrogen-bond donors (Lipinski definition) is 4. The third-order valence-electron chi connectivity index (χ3n) is 2.45. The molecule has 0 aliphatic rings. The van der Waals surface area contributed by atoms with E-state index < -0.39 is 24.5 Å². The van der Waals surface area contributed by atoms with E-state index in [1.165, 1.54) is 31.3 Å². The van der Waals surface area contributed by atoms with E-state index >= 15 is 0 Å². The monoisotopic (exact) mass is 277 g/mol. The molecule has 5 nitrogen and oxygen atoms in total. The first-order chi connectivity index (χ1) is 8.75. The van der Waals surface area contributed by atoms with Crippen molar-refractivity contribution < 1.29 is 23.1 Å². The van der Waals surface area contributed by atoms with Gasteiger partial charge in [0.15, 0.2) is 0 Å². The topological polar surface area (TPSA) is 87.4 Å². The van der Waals surface area contributed by atoms with Crippen LogP contribution in [0.1, 0.15) is 22.1 Å². The molecule has 106 valence electrons. The molecule has 0 aromatic heterocycles. The first-order valence-electron chi connectivity index (χ1n) is 5.33. The highest BCUT2D eigenvalue weighted by Gasteiger charge is 2.39. The maximum absolute atomic E-state index is 12.2. The number of nitrogens with one attached hydrogen (secondary N) is 2. The van der Waals surface area contributed by atoms with Gasteiger partial charge in [0.25, 0.3) is 0 Å². The number of carbonyl (C=O) groups is 1. The number of primary amides is 1. The van der Waals surface area contributed by atoms with Crippen LogP contribution in [0, 0.1) is 0 Å². The molecule has 8 heteroatoms. The molecule has 0 bridgehead atoms. The summed E-state index contributed by atoms with van der Waals surface area (Å²) in [6, 6.07) is 5.67. The summed E-state index contributed by atoms with van der Waals surface area (Å²) >= 11 is 0. The maximum Gasteiger partial charge on any atom is 0.428 e. The van der Waals surface area contributed by atoms with Crippen LogP contribution in [-0.4, -0.2) is 30.5 Å². The van der Waals surface area contributed by atoms with Gasteiger partial charge < -0.3 is 16.2 Å². The average Bonchev–Trinajstić information content (AvgIpc) is 2.34. The molecule has 2 unspecified atom stereocenters. The minimum atomic E-state index is -4.76. The van der Waals surface area contributed by atoms with Gasteiger partial charge >= 0.3 is 6.18 Å². The fourth-order valence-electron chi connectivity index (χ4n) is 1.44. The van der Waals surface area contributed by atoms with Crippen LogP contribution in [0.3, 0.4) is 0 Å². The standard InChI is InChI=1S/C11H14F3N3O2/c1-16-9(17-10(19)11(12,13)14)7-4-2-6(3-5-7)8(15)18/h2-5,9-10,16-17,19H,1H3,(H2,15,18). The molecule has 0 saturated carbocycles. The van der Waals surface area contributed by atoms with Crippen LogP contribution in [0.5, 0.6) is 0 Å². The van der Waals surface area contributed by atoms with Crippen molar-refractivity contribution in [2.24, 2.45) is 5.73 Å². The van der Waals surface area contributed by atoms with E-state index in [4.69, 9.17) is 10.8 Å². The van der Waals surface area contributed by atoms with E-state index in [1.54, 1.807) is 0 Å². The Balaban J connectivity index is 2.83. The van der Waals surface area contributed by atoms with Crippen LogP contribution in [-0.2, 0) is 0 Å². The highest BCUT2D eigenvalue weighted by molar-refractivity contribution is 5.92. The first-order valence-corrected chi connectivity index (χ1v) is 5.33. The summed E-state index contributed by atoms with van der Waals surface area (Å²) in [6.45, 7) is 0. The number of amides is 1. The van der Waals surface area contributed by atoms with Crippen molar-refractivity contribution in [3.63, 3.8) is 0 Å². The van der Waals surface area contributed by atoms with Crippen molar-refractivity contribution in [1.29, 1.82) is 0 Å². The molecule has 1 amide bonds. The Labute approximate surface area is 107 Å². The average molecular weight is 277 g/mol. The van der Waals surface area contributed by atoms with Gasteiger partial charge in [-0.3, -0.25) is 10.1 Å². The number of rotatable bonds is 5. The van der Waals surface area contributed by atoms with Gasteiger partial charge in [0, 0.05) is 5.56 Å². The summed E-state index contributed by atoms with van der Waals surface area (Å²) in [5, 5.41) is 13.5. The highest BCUT2D eigenvalue weighted by atomic mass is 19.4. The van der Waals surface area contributed by atoms with Crippen LogP contribution >= 0.6 is 0 Å². The van der Waals surface area contributed by atoms with Gasteiger partial charge in [-0.15, -0.1) is 0 Å². The molecule has 0 fully saturated rings. The van der Waals surface area contributed by atoms with E-state index in [2.05, 4.69) is 5.32 Å². The zero-order valence-corrected chi connectivity index (χ0v) is 10.0. The molecule has 0 saturated heterocycles. The lowest BCUT2D eigenvalue weighted by atomic mass is 10.1. The minimum Gasteiger partial charge on any atom is -0.370 e. The fourth-order valence-corrected chi connectivity index (χ4v) is 1.44. The van der Waals surface area contributed by atoms with Gasteiger partial charge in [-0.05, 0) is 24.7 Å². The molecule has 1 aromatic rings. The summed E-state index contributed by atoms with van der Waals surface area (Å²) in [5.74, 6) is -0.629. The van der Waals surface area contributed by atoms with E-state index in [-0.39, 0.29) is 5.56 Å². The van der Waals surface area contributed by atoms with Gasteiger partial charge in [-0.1, -0.05) is 12.1 Å². The van der Waals surface area contributed by atoms with Crippen molar-refractivity contribution in [2.45, 2.75) is 18.6 Å². The Kier molecular flexibility index (Phi) is 4.87. The molecule has 2 atom stereocenters. The normalized spacial score (nSPS) is 15.0. The van der Waals surface area contributed by atoms with Crippen molar-refractivity contribution in [2.75, 3.05) is 7.05 Å². The molecule has 1 rings (SSSR count). The van der Waals surface area contributed by atoms with E-state index in [9.17, 15) is 18.0 Å². The van der Waals surface area contributed by atoms with Gasteiger partial charge in [0.2, 0.25) is 12.1 Å². The molecule has 5 N–H and O–H groups in total. The lowest BCUT2D eigenvalue weighted by Gasteiger charge is -2.24. The number of benzene rings is 1. The second kappa shape index (κ2) is 6.00. The molecular weight excluding hydrogens is 263 g/mol. The largest absolute Gasteiger partial charge is 0.428 e. The number of halogens is 3. The molecule has 0 aliphatic heterocycles. The van der Waals surface area contributed by atoms with Crippen LogP contribution in [0.2, 0.25) is 0 Å². The van der Waals surface area contributed by atoms with Gasteiger partial charge in [0.1, 0.15) is 0 Å². The SMILES string of the molecule is CNC(NC(O)C(F)(F)F)c1ccc(C(N)=O)cc1. The number of hydrogen-bond acceptors (Lipinski definition) is 4. The van der Waals surface area contributed by atoms with Gasteiger partial charge in [-0.2, -0.15) is 13.2 Å². The predicted octanol–water partition coefficient (Wildman–Crippen LogP) is 0.474. The van der Waals surface area contributed by atoms with Crippen LogP contribution < -0.4 is 16.4 Å². The predicted molar refractivity (Wildman–Crippen MR) is 62.0 cm³/mol. The van der Waals surface area contributed by atoms with Crippen molar-refractivity contribution in [3.8, 4) is 0 Å². The molecular formula is C11H14F3N3O2. The van der Waals surface area contributed by atoms with Crippen LogP contribution in [0.4, 0.5) is 13.2 Å². The Hall–Kier alpha value is -1.64. The zero-order valence-electron chi connectivity index (χ0n) is 10.0. The number of aliphatic hydroxyl groups excluding tert-OH is 1. The maximum atomic E-state index is 12.2. The number of nitrogens with two attached hydrogens (primary N) is 1. The summed E-state index contributed by atoms with van der Waals surface area (Å²) in [5.41, 5.74) is 5.72. The lowest BCUT2D eigenvalue weighted by Crippen LogP contribution is -2.47. The summed E-state index contributed by atoms with van der Waals surface area (Å²) in [6.07, 6.45) is -8.33. The number of aliphatic hydroxyl groups is 1. The smallest absolute Gasteiger partial charge is 0.370 e. The Morgan fingerprint density at radius 1 is 1.32 bits per heavy atom. The van der Waals surface area contributed by atoms with Gasteiger partial charge in [-0.25, -0.2) is 0 Å². The highest BCUT2D eigenvalue weighted by Crippen LogP contribution is 2.21. The molecule has 19 heavy (non-hydrogen) atoms. The number of alkyl halides is 3. The van der Waals surface area contributed by atoms with E-state index in [0.717, 1.165) is 0 Å². The van der Waals surface area contributed by atoms with Crippen molar-refractivity contribution >= 4 is 5.91 Å². The summed E-state index contributed by atoms with van der Waals surface area (Å²) in [4.78, 5) is 10.9. The Bertz CT molecular complexity index is 434. The second-order valence-electron chi connectivity index (χ2n) is 3.82. The molecule has 0 spiro atoms. The van der Waals surface area contributed by atoms with Crippen LogP contribution in [0.15, 0.2) is 24.3 Å². The Morgan fingerprint density at radius 2 is 1.84 bits per heavy atom. The first kappa shape index (κ1) is 15.4. The molecule has 0 heterocycles. The molecule has 0 aliphatic carbocycles. The third-order valence-corrected chi connectivity index (χ3v) is 2.45. The van der Waals surface area contributed by atoms with Crippen molar-refractivity contribution in [3.05, 3.63) is 35.4 Å². The van der Waals surface area contributed by atoms with Crippen molar-refractivity contribution in [1.82, 2.24) is 10.6 Å². The van der Waals surface area contributed by atoms with Crippen LogP contribution in [0.25, 0.3) is 0 Å².